The van der Waals surface area contributed by atoms with Crippen LogP contribution in [0.15, 0.2) is 66.7 Å². The van der Waals surface area contributed by atoms with Gasteiger partial charge >= 0.3 is 0 Å². The zero-order chi connectivity index (χ0) is 23.1. The molecule has 7 rings (SSSR count). The van der Waals surface area contributed by atoms with Crippen molar-refractivity contribution in [2.45, 2.75) is 11.5 Å². The summed E-state index contributed by atoms with van der Waals surface area (Å²) in [5.41, 5.74) is 0.716. The average molecular weight is 461 g/mol. The zero-order valence-electron chi connectivity index (χ0n) is 17.4. The van der Waals surface area contributed by atoms with Crippen molar-refractivity contribution < 1.29 is 19.2 Å². The van der Waals surface area contributed by atoms with Crippen LogP contribution in [0.1, 0.15) is 28.2 Å². The first-order valence-corrected chi connectivity index (χ1v) is 10.8. The predicted octanol–water partition coefficient (Wildman–Crippen LogP) is 4.13. The van der Waals surface area contributed by atoms with Gasteiger partial charge in [0.05, 0.1) is 18.7 Å². The number of nitrogens with zero attached hydrogens (tertiary/aromatic N) is 2. The number of amides is 2. The summed E-state index contributed by atoms with van der Waals surface area (Å²) in [5, 5.41) is 13.3. The fraction of sp³-hybridized carbons (Fsp3) is 0.200. The Labute approximate surface area is 193 Å². The molecule has 0 N–H and O–H groups in total. The Morgan fingerprint density at radius 3 is 2.15 bits per heavy atom. The highest BCUT2D eigenvalue weighted by molar-refractivity contribution is 6.31. The van der Waals surface area contributed by atoms with Crippen LogP contribution in [-0.2, 0) is 15.1 Å². The third-order valence-electron chi connectivity index (χ3n) is 7.24. The normalized spacial score (nSPS) is 26.6. The number of rotatable bonds is 3. The molecule has 8 heteroatoms. The molecule has 2 amide bonds. The van der Waals surface area contributed by atoms with Gasteiger partial charge in [0, 0.05) is 27.0 Å². The summed E-state index contributed by atoms with van der Waals surface area (Å²) >= 11 is 6.18. The number of methoxy groups -OCH3 is 1. The van der Waals surface area contributed by atoms with E-state index in [0.717, 1.165) is 16.0 Å². The molecule has 33 heavy (non-hydrogen) atoms. The molecule has 1 fully saturated rings. The van der Waals surface area contributed by atoms with Gasteiger partial charge in [0.2, 0.25) is 11.8 Å². The lowest BCUT2D eigenvalue weighted by Crippen LogP contribution is -2.57. The monoisotopic (exact) mass is 460 g/mol. The molecule has 1 aliphatic heterocycles. The molecule has 3 aromatic rings. The fourth-order valence-corrected chi connectivity index (χ4v) is 6.28. The van der Waals surface area contributed by atoms with Crippen molar-refractivity contribution in [2.75, 3.05) is 12.0 Å². The molecular formula is C25H17ClN2O5. The van der Waals surface area contributed by atoms with Crippen LogP contribution < -0.4 is 9.64 Å². The average Bonchev–Trinajstić information content (AvgIpc) is 3.09. The number of anilines is 1. The predicted molar refractivity (Wildman–Crippen MR) is 120 cm³/mol. The van der Waals surface area contributed by atoms with Crippen LogP contribution in [0.4, 0.5) is 5.69 Å². The minimum atomic E-state index is -1.86. The summed E-state index contributed by atoms with van der Waals surface area (Å²) in [7, 11) is 1.43. The van der Waals surface area contributed by atoms with Crippen molar-refractivity contribution >= 4 is 29.1 Å². The molecule has 0 aromatic heterocycles. The Morgan fingerprint density at radius 1 is 0.970 bits per heavy atom. The van der Waals surface area contributed by atoms with Gasteiger partial charge < -0.3 is 4.74 Å². The lowest BCUT2D eigenvalue weighted by molar-refractivity contribution is -0.578. The van der Waals surface area contributed by atoms with Crippen molar-refractivity contribution in [1.82, 2.24) is 0 Å². The lowest BCUT2D eigenvalue weighted by Gasteiger charge is -2.48. The number of carbonyl (C=O) groups is 2. The molecule has 1 saturated heterocycles. The molecule has 2 bridgehead atoms. The molecule has 0 unspecified atom stereocenters. The van der Waals surface area contributed by atoms with Gasteiger partial charge in [-0.3, -0.25) is 19.7 Å². The molecule has 3 aromatic carbocycles. The van der Waals surface area contributed by atoms with Gasteiger partial charge in [-0.25, -0.2) is 4.90 Å². The van der Waals surface area contributed by atoms with Crippen molar-refractivity contribution in [1.29, 1.82) is 0 Å². The molecule has 3 aliphatic carbocycles. The van der Waals surface area contributed by atoms with Gasteiger partial charge in [-0.1, -0.05) is 60.1 Å². The van der Waals surface area contributed by atoms with Crippen LogP contribution >= 0.6 is 11.6 Å². The van der Waals surface area contributed by atoms with E-state index in [9.17, 15) is 19.7 Å². The Morgan fingerprint density at radius 2 is 1.58 bits per heavy atom. The van der Waals surface area contributed by atoms with E-state index in [1.165, 1.54) is 13.2 Å². The Hall–Kier alpha value is -3.71. The summed E-state index contributed by atoms with van der Waals surface area (Å²) in [5.74, 6) is -3.36. The summed E-state index contributed by atoms with van der Waals surface area (Å²) in [4.78, 5) is 41.4. The van der Waals surface area contributed by atoms with Gasteiger partial charge in [0.15, 0.2) is 0 Å². The maximum Gasteiger partial charge on any atom is 0.285 e. The first kappa shape index (κ1) is 19.9. The quantitative estimate of drug-likeness (QED) is 0.333. The van der Waals surface area contributed by atoms with E-state index in [0.29, 0.717) is 16.1 Å². The second-order valence-electron chi connectivity index (χ2n) is 8.51. The first-order valence-electron chi connectivity index (χ1n) is 10.5. The van der Waals surface area contributed by atoms with E-state index in [1.807, 2.05) is 24.3 Å². The van der Waals surface area contributed by atoms with E-state index >= 15 is 0 Å². The van der Waals surface area contributed by atoms with Crippen LogP contribution in [0.3, 0.4) is 0 Å². The highest BCUT2D eigenvalue weighted by Crippen LogP contribution is 2.64. The summed E-state index contributed by atoms with van der Waals surface area (Å²) in [6.07, 6.45) is 0. The van der Waals surface area contributed by atoms with E-state index in [1.54, 1.807) is 36.4 Å². The molecular weight excluding hydrogens is 444 g/mol. The first-order chi connectivity index (χ1) is 15.9. The molecule has 1 heterocycles. The highest BCUT2D eigenvalue weighted by Gasteiger charge is 2.75. The molecule has 4 aliphatic rings. The van der Waals surface area contributed by atoms with Crippen molar-refractivity contribution in [3.63, 3.8) is 0 Å². The third kappa shape index (κ3) is 2.25. The molecule has 0 radical (unpaired) electrons. The molecule has 0 spiro atoms. The lowest BCUT2D eigenvalue weighted by atomic mass is 9.51. The summed E-state index contributed by atoms with van der Waals surface area (Å²) in [6, 6.07) is 18.8. The van der Waals surface area contributed by atoms with E-state index < -0.39 is 35.1 Å². The largest absolute Gasteiger partial charge is 0.495 e. The third-order valence-corrected chi connectivity index (χ3v) is 7.48. The van der Waals surface area contributed by atoms with Crippen LogP contribution in [0.2, 0.25) is 5.02 Å². The summed E-state index contributed by atoms with van der Waals surface area (Å²) < 4.78 is 5.39. The van der Waals surface area contributed by atoms with Gasteiger partial charge in [0.25, 0.3) is 5.54 Å². The standard InChI is InChI=1S/C25H17ClN2O5/c1-33-19-11-10-13(26)12-18(19)27-23(29)21-20-14-6-2-4-8-16(14)25(28(31)32,22(21)24(27)30)17-9-5-3-7-15(17)20/h2-12,20-22H,1H3/t20?,21-,22+,25?/m1/s1. The zero-order valence-corrected chi connectivity index (χ0v) is 18.2. The Kier molecular flexibility index (Phi) is 4.02. The second kappa shape index (κ2) is 6.65. The number of hydrogen-bond donors (Lipinski definition) is 0. The van der Waals surface area contributed by atoms with E-state index in [2.05, 4.69) is 0 Å². The fourth-order valence-electron chi connectivity index (χ4n) is 6.12. The van der Waals surface area contributed by atoms with Gasteiger partial charge in [0.1, 0.15) is 11.7 Å². The molecule has 164 valence electrons. The number of carbonyl (C=O) groups excluding carboxylic acids is 2. The molecule has 7 nitrogen and oxygen atoms in total. The minimum absolute atomic E-state index is 0.195. The Balaban J connectivity index is 1.67. The summed E-state index contributed by atoms with van der Waals surface area (Å²) in [6.45, 7) is 0. The van der Waals surface area contributed by atoms with Gasteiger partial charge in [-0.15, -0.1) is 0 Å². The van der Waals surface area contributed by atoms with Crippen LogP contribution in [0, 0.1) is 22.0 Å². The smallest absolute Gasteiger partial charge is 0.285 e. The second-order valence-corrected chi connectivity index (χ2v) is 8.94. The van der Waals surface area contributed by atoms with Gasteiger partial charge in [-0.05, 0) is 29.3 Å². The number of imide groups is 1. The van der Waals surface area contributed by atoms with E-state index in [4.69, 9.17) is 16.3 Å². The molecule has 0 saturated carbocycles. The number of hydrogen-bond acceptors (Lipinski definition) is 5. The SMILES string of the molecule is COc1ccc(Cl)cc1N1C(=O)[C@@H]2C3c4ccccc4C([N+](=O)[O-])(c4ccccc43)[C@@H]2C1=O. The number of benzene rings is 3. The van der Waals surface area contributed by atoms with Crippen molar-refractivity contribution in [2.24, 2.45) is 11.8 Å². The van der Waals surface area contributed by atoms with Crippen LogP contribution in [-0.4, -0.2) is 23.8 Å². The van der Waals surface area contributed by atoms with Crippen LogP contribution in [0.25, 0.3) is 0 Å². The van der Waals surface area contributed by atoms with Crippen molar-refractivity contribution in [3.8, 4) is 5.75 Å². The van der Waals surface area contributed by atoms with E-state index in [-0.39, 0.29) is 16.4 Å². The minimum Gasteiger partial charge on any atom is -0.495 e. The number of ether oxygens (including phenoxy) is 1. The number of halogens is 1. The Bertz CT molecular complexity index is 1340. The molecule has 2 atom stereocenters. The maximum atomic E-state index is 14.0. The highest BCUT2D eigenvalue weighted by atomic mass is 35.5. The topological polar surface area (TPSA) is 89.8 Å². The van der Waals surface area contributed by atoms with Crippen LogP contribution in [0.5, 0.6) is 5.75 Å². The maximum absolute atomic E-state index is 14.0. The number of nitro groups is 1. The van der Waals surface area contributed by atoms with Crippen molar-refractivity contribution in [3.05, 3.63) is 104 Å². The van der Waals surface area contributed by atoms with Gasteiger partial charge in [-0.2, -0.15) is 0 Å².